The van der Waals surface area contributed by atoms with Gasteiger partial charge in [0.05, 0.1) is 6.61 Å². The Hall–Kier alpha value is -3.02. The molecule has 25 heavy (non-hydrogen) atoms. The fourth-order valence-electron chi connectivity index (χ4n) is 2.19. The van der Waals surface area contributed by atoms with E-state index >= 15 is 0 Å². The van der Waals surface area contributed by atoms with E-state index in [1.54, 1.807) is 24.3 Å². The number of carbonyl (C=O) groups excluding carboxylic acids is 2. The first-order chi connectivity index (χ1) is 12.0. The zero-order valence-corrected chi connectivity index (χ0v) is 14.5. The lowest BCUT2D eigenvalue weighted by Crippen LogP contribution is -2.30. The molecule has 0 unspecified atom stereocenters. The summed E-state index contributed by atoms with van der Waals surface area (Å²) < 4.78 is 5.68. The number of aryl methyl sites for hydroxylation is 1. The minimum absolute atomic E-state index is 0.133. The number of rotatable bonds is 7. The molecule has 6 nitrogen and oxygen atoms in total. The predicted molar refractivity (Wildman–Crippen MR) is 99.1 cm³/mol. The second kappa shape index (κ2) is 9.32. The van der Waals surface area contributed by atoms with Crippen LogP contribution in [0, 0.1) is 6.92 Å². The second-order valence-corrected chi connectivity index (χ2v) is 5.61. The summed E-state index contributed by atoms with van der Waals surface area (Å²) in [4.78, 5) is 22.8. The van der Waals surface area contributed by atoms with Crippen LogP contribution in [0.15, 0.2) is 48.5 Å². The van der Waals surface area contributed by atoms with Crippen molar-refractivity contribution in [3.63, 3.8) is 0 Å². The van der Waals surface area contributed by atoms with Gasteiger partial charge in [-0.2, -0.15) is 0 Å². The van der Waals surface area contributed by atoms with Crippen molar-refractivity contribution in [3.05, 3.63) is 54.1 Å². The molecular weight excluding hydrogens is 318 g/mol. The molecule has 2 aromatic rings. The number of carbonyl (C=O) groups is 2. The zero-order valence-electron chi connectivity index (χ0n) is 14.5. The average molecular weight is 341 g/mol. The highest BCUT2D eigenvalue weighted by Crippen LogP contribution is 2.16. The van der Waals surface area contributed by atoms with Crippen LogP contribution >= 0.6 is 0 Å². The predicted octanol–water partition coefficient (Wildman–Crippen LogP) is 3.54. The first kappa shape index (κ1) is 18.3. The third-order valence-electron chi connectivity index (χ3n) is 3.42. The summed E-state index contributed by atoms with van der Waals surface area (Å²) in [5.41, 5.74) is 2.44. The van der Waals surface area contributed by atoms with Crippen molar-refractivity contribution >= 4 is 23.3 Å². The molecule has 2 rings (SSSR count). The van der Waals surface area contributed by atoms with Crippen LogP contribution in [0.3, 0.4) is 0 Å². The first-order valence-corrected chi connectivity index (χ1v) is 8.15. The number of ether oxygens (including phenoxy) is 1. The van der Waals surface area contributed by atoms with Crippen molar-refractivity contribution in [2.75, 3.05) is 23.8 Å². The van der Waals surface area contributed by atoms with E-state index in [9.17, 15) is 9.59 Å². The number of urea groups is 1. The Kier molecular flexibility index (Phi) is 6.83. The number of hydrogen-bond acceptors (Lipinski definition) is 3. The van der Waals surface area contributed by atoms with E-state index in [1.807, 2.05) is 31.2 Å². The van der Waals surface area contributed by atoms with Gasteiger partial charge >= 0.3 is 6.03 Å². The van der Waals surface area contributed by atoms with Gasteiger partial charge in [-0.3, -0.25) is 4.79 Å². The van der Waals surface area contributed by atoms with Gasteiger partial charge in [0.2, 0.25) is 5.91 Å². The SMILES string of the molecule is CC(=O)Nc1ccc(NC(=O)NCCCOc2ccccc2C)cc1. The van der Waals surface area contributed by atoms with E-state index in [4.69, 9.17) is 4.74 Å². The molecule has 2 aromatic carbocycles. The molecule has 0 saturated heterocycles. The third kappa shape index (κ3) is 6.55. The minimum Gasteiger partial charge on any atom is -0.493 e. The average Bonchev–Trinajstić information content (AvgIpc) is 2.57. The van der Waals surface area contributed by atoms with Gasteiger partial charge in [0.25, 0.3) is 0 Å². The number of hydrogen-bond donors (Lipinski definition) is 3. The number of anilines is 2. The fraction of sp³-hybridized carbons (Fsp3) is 0.263. The lowest BCUT2D eigenvalue weighted by atomic mass is 10.2. The summed E-state index contributed by atoms with van der Waals surface area (Å²) in [6, 6.07) is 14.5. The first-order valence-electron chi connectivity index (χ1n) is 8.15. The Morgan fingerprint density at radius 2 is 1.60 bits per heavy atom. The lowest BCUT2D eigenvalue weighted by Gasteiger charge is -2.10. The molecule has 0 heterocycles. The molecule has 132 valence electrons. The maximum absolute atomic E-state index is 11.8. The van der Waals surface area contributed by atoms with Gasteiger partial charge in [-0.25, -0.2) is 4.79 Å². The van der Waals surface area contributed by atoms with Gasteiger partial charge in [0.1, 0.15) is 5.75 Å². The van der Waals surface area contributed by atoms with E-state index in [-0.39, 0.29) is 11.9 Å². The fourth-order valence-corrected chi connectivity index (χ4v) is 2.19. The van der Waals surface area contributed by atoms with E-state index in [0.29, 0.717) is 30.9 Å². The molecular formula is C19H23N3O3. The highest BCUT2D eigenvalue weighted by Gasteiger charge is 2.02. The monoisotopic (exact) mass is 341 g/mol. The summed E-state index contributed by atoms with van der Waals surface area (Å²) in [5.74, 6) is 0.734. The maximum atomic E-state index is 11.8. The molecule has 0 atom stereocenters. The summed E-state index contributed by atoms with van der Waals surface area (Å²) in [5, 5.41) is 8.19. The molecule has 3 amide bonds. The second-order valence-electron chi connectivity index (χ2n) is 5.61. The normalized spacial score (nSPS) is 10.0. The van der Waals surface area contributed by atoms with E-state index in [2.05, 4.69) is 16.0 Å². The lowest BCUT2D eigenvalue weighted by molar-refractivity contribution is -0.114. The van der Waals surface area contributed by atoms with Crippen LogP contribution in [0.2, 0.25) is 0 Å². The van der Waals surface area contributed by atoms with Crippen LogP contribution in [0.4, 0.5) is 16.2 Å². The summed E-state index contributed by atoms with van der Waals surface area (Å²) >= 11 is 0. The van der Waals surface area contributed by atoms with Crippen LogP contribution in [-0.4, -0.2) is 25.1 Å². The van der Waals surface area contributed by atoms with Crippen molar-refractivity contribution < 1.29 is 14.3 Å². The molecule has 0 aliphatic rings. The Bertz CT molecular complexity index is 714. The summed E-state index contributed by atoms with van der Waals surface area (Å²) in [7, 11) is 0. The van der Waals surface area contributed by atoms with Crippen LogP contribution in [0.1, 0.15) is 18.9 Å². The van der Waals surface area contributed by atoms with Crippen LogP contribution in [0.25, 0.3) is 0 Å². The van der Waals surface area contributed by atoms with Crippen molar-refractivity contribution in [3.8, 4) is 5.75 Å². The molecule has 0 spiro atoms. The van der Waals surface area contributed by atoms with Gasteiger partial charge < -0.3 is 20.7 Å². The molecule has 6 heteroatoms. The highest BCUT2D eigenvalue weighted by molar-refractivity contribution is 5.91. The number of benzene rings is 2. The standard InChI is InChI=1S/C19H23N3O3/c1-14-6-3-4-7-18(14)25-13-5-12-20-19(24)22-17-10-8-16(9-11-17)21-15(2)23/h3-4,6-11H,5,12-13H2,1-2H3,(H,21,23)(H2,20,22,24). The summed E-state index contributed by atoms with van der Waals surface area (Å²) in [6.07, 6.45) is 0.712. The highest BCUT2D eigenvalue weighted by atomic mass is 16.5. The number of para-hydroxylation sites is 1. The molecule has 0 fully saturated rings. The van der Waals surface area contributed by atoms with Crippen molar-refractivity contribution in [2.24, 2.45) is 0 Å². The smallest absolute Gasteiger partial charge is 0.319 e. The maximum Gasteiger partial charge on any atom is 0.319 e. The van der Waals surface area contributed by atoms with E-state index in [1.165, 1.54) is 6.92 Å². The van der Waals surface area contributed by atoms with E-state index in [0.717, 1.165) is 11.3 Å². The molecule has 3 N–H and O–H groups in total. The van der Waals surface area contributed by atoms with Crippen molar-refractivity contribution in [2.45, 2.75) is 20.3 Å². The quantitative estimate of drug-likeness (QED) is 0.674. The zero-order chi connectivity index (χ0) is 18.1. The van der Waals surface area contributed by atoms with Gasteiger partial charge in [-0.15, -0.1) is 0 Å². The largest absolute Gasteiger partial charge is 0.493 e. The number of nitrogens with one attached hydrogen (secondary N) is 3. The Balaban J connectivity index is 1.65. The minimum atomic E-state index is -0.275. The van der Waals surface area contributed by atoms with Crippen LogP contribution in [-0.2, 0) is 4.79 Å². The molecule has 0 aliphatic heterocycles. The van der Waals surface area contributed by atoms with Gasteiger partial charge in [0.15, 0.2) is 0 Å². The van der Waals surface area contributed by atoms with Crippen molar-refractivity contribution in [1.82, 2.24) is 5.32 Å². The Morgan fingerprint density at radius 1 is 0.960 bits per heavy atom. The van der Waals surface area contributed by atoms with Crippen LogP contribution in [0.5, 0.6) is 5.75 Å². The number of amides is 3. The van der Waals surface area contributed by atoms with Crippen molar-refractivity contribution in [1.29, 1.82) is 0 Å². The summed E-state index contributed by atoms with van der Waals surface area (Å²) in [6.45, 7) is 4.50. The van der Waals surface area contributed by atoms with Gasteiger partial charge in [0, 0.05) is 24.8 Å². The Morgan fingerprint density at radius 3 is 2.24 bits per heavy atom. The molecule has 0 aromatic heterocycles. The third-order valence-corrected chi connectivity index (χ3v) is 3.42. The van der Waals surface area contributed by atoms with Gasteiger partial charge in [-0.1, -0.05) is 18.2 Å². The topological polar surface area (TPSA) is 79.5 Å². The molecule has 0 aliphatic carbocycles. The van der Waals surface area contributed by atoms with E-state index < -0.39 is 0 Å². The Labute approximate surface area is 147 Å². The molecule has 0 radical (unpaired) electrons. The van der Waals surface area contributed by atoms with Crippen LogP contribution < -0.4 is 20.7 Å². The van der Waals surface area contributed by atoms with Gasteiger partial charge in [-0.05, 0) is 49.2 Å². The molecule has 0 bridgehead atoms. The molecule has 0 saturated carbocycles.